The number of thioether (sulfide) groups is 2. The molecule has 0 aliphatic carbocycles. The fraction of sp³-hybridized carbons (Fsp3) is 0.389. The van der Waals surface area contributed by atoms with Gasteiger partial charge in [0.1, 0.15) is 0 Å². The highest BCUT2D eigenvalue weighted by atomic mass is 32.2. The number of nitrogens with one attached hydrogen (secondary N) is 4. The molecule has 0 saturated carbocycles. The lowest BCUT2D eigenvalue weighted by molar-refractivity contribution is 0.102. The van der Waals surface area contributed by atoms with Crippen molar-refractivity contribution in [2.24, 2.45) is 11.5 Å². The van der Waals surface area contributed by atoms with Crippen molar-refractivity contribution in [3.63, 3.8) is 0 Å². The molecule has 0 bridgehead atoms. The SMILES string of the molecule is CC(C)(C)c1cc(N)c(SCCCC(=N)N)c(NC(=O)c2cccc(C(=O)Nc3cc(C(C)(C)C)cc(N)c3SCCCC(=N)N)c2)c1. The third-order valence-electron chi connectivity index (χ3n) is 7.52. The van der Waals surface area contributed by atoms with E-state index in [-0.39, 0.29) is 34.3 Å². The number of nitrogen functional groups attached to an aromatic ring is 2. The van der Waals surface area contributed by atoms with Crippen LogP contribution in [0.15, 0.2) is 58.3 Å². The quantitative estimate of drug-likeness (QED) is 0.0277. The largest absolute Gasteiger partial charge is 0.398 e. The minimum absolute atomic E-state index is 0.133. The number of anilines is 4. The molecule has 2 amide bonds. The summed E-state index contributed by atoms with van der Waals surface area (Å²) in [5, 5.41) is 21.1. The Hall–Kier alpha value is -4.16. The average Bonchev–Trinajstić information content (AvgIpc) is 2.98. The molecule has 258 valence electrons. The second-order valence-corrected chi connectivity index (χ2v) is 16.0. The second-order valence-electron chi connectivity index (χ2n) is 13.8. The van der Waals surface area contributed by atoms with Gasteiger partial charge in [-0.15, -0.1) is 23.5 Å². The number of carbonyl (C=O) groups excluding carboxylic acids is 2. The third-order valence-corrected chi connectivity index (χ3v) is 10.00. The molecular formula is C36H50N8O2S2. The first-order valence-electron chi connectivity index (χ1n) is 15.9. The van der Waals surface area contributed by atoms with E-state index in [0.717, 1.165) is 20.9 Å². The van der Waals surface area contributed by atoms with Gasteiger partial charge in [0.25, 0.3) is 11.8 Å². The second kappa shape index (κ2) is 16.3. The van der Waals surface area contributed by atoms with Crippen molar-refractivity contribution in [1.29, 1.82) is 10.8 Å². The molecule has 12 heteroatoms. The normalized spacial score (nSPS) is 11.6. The first kappa shape index (κ1) is 38.3. The zero-order chi connectivity index (χ0) is 35.8. The minimum Gasteiger partial charge on any atom is -0.398 e. The van der Waals surface area contributed by atoms with Crippen LogP contribution in [-0.2, 0) is 10.8 Å². The zero-order valence-corrected chi connectivity index (χ0v) is 30.4. The van der Waals surface area contributed by atoms with Crippen LogP contribution in [-0.4, -0.2) is 35.0 Å². The third kappa shape index (κ3) is 10.9. The van der Waals surface area contributed by atoms with Gasteiger partial charge in [-0.2, -0.15) is 0 Å². The average molecular weight is 691 g/mol. The van der Waals surface area contributed by atoms with Crippen molar-refractivity contribution in [2.45, 2.75) is 87.8 Å². The standard InChI is InChI=1S/C36H50N8O2S2/c1-35(2,3)23-17-25(37)31(47-14-8-12-29(39)40)27(19-23)43-33(45)21-10-7-11-22(16-21)34(46)44-28-20-24(36(4,5)6)18-26(38)32(28)48-15-9-13-30(41)42/h7,10-11,16-20H,8-9,12-15,37-38H2,1-6H3,(H3,39,40)(H3,41,42)(H,43,45)(H,44,46). The van der Waals surface area contributed by atoms with Gasteiger partial charge in [0.15, 0.2) is 0 Å². The number of rotatable bonds is 14. The highest BCUT2D eigenvalue weighted by Crippen LogP contribution is 2.40. The van der Waals surface area contributed by atoms with E-state index < -0.39 is 0 Å². The number of nitrogens with two attached hydrogens (primary N) is 4. The topological polar surface area (TPSA) is 210 Å². The summed E-state index contributed by atoms with van der Waals surface area (Å²) >= 11 is 3.02. The van der Waals surface area contributed by atoms with Crippen LogP contribution >= 0.6 is 23.5 Å². The van der Waals surface area contributed by atoms with Crippen LogP contribution in [0.1, 0.15) is 99.1 Å². The van der Waals surface area contributed by atoms with E-state index in [1.165, 1.54) is 23.5 Å². The Balaban J connectivity index is 1.90. The summed E-state index contributed by atoms with van der Waals surface area (Å²) in [4.78, 5) is 28.8. The van der Waals surface area contributed by atoms with Crippen molar-refractivity contribution < 1.29 is 9.59 Å². The molecule has 48 heavy (non-hydrogen) atoms. The molecule has 12 N–H and O–H groups in total. The van der Waals surface area contributed by atoms with E-state index in [1.807, 2.05) is 24.3 Å². The Bertz CT molecular complexity index is 1560. The number of hydrogen-bond donors (Lipinski definition) is 8. The van der Waals surface area contributed by atoms with Crippen molar-refractivity contribution in [3.05, 3.63) is 70.8 Å². The highest BCUT2D eigenvalue weighted by molar-refractivity contribution is 7.99. The van der Waals surface area contributed by atoms with Gasteiger partial charge in [0.2, 0.25) is 0 Å². The Morgan fingerprint density at radius 3 is 1.38 bits per heavy atom. The Morgan fingerprint density at radius 2 is 1.04 bits per heavy atom. The summed E-state index contributed by atoms with van der Waals surface area (Å²) in [6.07, 6.45) is 2.37. The zero-order valence-electron chi connectivity index (χ0n) is 28.8. The van der Waals surface area contributed by atoms with Gasteiger partial charge in [-0.3, -0.25) is 20.4 Å². The fourth-order valence-corrected chi connectivity index (χ4v) is 6.71. The van der Waals surface area contributed by atoms with E-state index in [1.54, 1.807) is 24.3 Å². The number of carbonyl (C=O) groups is 2. The van der Waals surface area contributed by atoms with Gasteiger partial charge >= 0.3 is 0 Å². The molecule has 0 unspecified atom stereocenters. The minimum atomic E-state index is -0.374. The smallest absolute Gasteiger partial charge is 0.255 e. The summed E-state index contributed by atoms with van der Waals surface area (Å²) in [7, 11) is 0. The Kier molecular flexibility index (Phi) is 13.0. The van der Waals surface area contributed by atoms with Crippen molar-refractivity contribution in [2.75, 3.05) is 33.6 Å². The van der Waals surface area contributed by atoms with Crippen LogP contribution in [0, 0.1) is 10.8 Å². The monoisotopic (exact) mass is 690 g/mol. The van der Waals surface area contributed by atoms with E-state index in [4.69, 9.17) is 33.8 Å². The maximum Gasteiger partial charge on any atom is 0.255 e. The molecule has 0 spiro atoms. The predicted molar refractivity (Wildman–Crippen MR) is 205 cm³/mol. The van der Waals surface area contributed by atoms with Crippen molar-refractivity contribution in [1.82, 2.24) is 0 Å². The first-order valence-corrected chi connectivity index (χ1v) is 17.9. The molecule has 10 nitrogen and oxygen atoms in total. The number of benzene rings is 3. The molecule has 0 atom stereocenters. The van der Waals surface area contributed by atoms with Crippen LogP contribution in [0.5, 0.6) is 0 Å². The predicted octanol–water partition coefficient (Wildman–Crippen LogP) is 7.57. The Morgan fingerprint density at radius 1 is 0.667 bits per heavy atom. The molecular weight excluding hydrogens is 641 g/mol. The first-order chi connectivity index (χ1) is 22.4. The van der Waals surface area contributed by atoms with E-state index in [2.05, 4.69) is 52.2 Å². The molecule has 0 radical (unpaired) electrons. The van der Waals surface area contributed by atoms with Gasteiger partial charge in [-0.1, -0.05) is 47.6 Å². The highest BCUT2D eigenvalue weighted by Gasteiger charge is 2.22. The van der Waals surface area contributed by atoms with E-state index >= 15 is 0 Å². The lowest BCUT2D eigenvalue weighted by Gasteiger charge is -2.23. The van der Waals surface area contributed by atoms with E-state index in [0.29, 0.717) is 71.1 Å². The lowest BCUT2D eigenvalue weighted by atomic mass is 9.86. The molecule has 3 aromatic carbocycles. The van der Waals surface area contributed by atoms with Gasteiger partial charge < -0.3 is 33.6 Å². The molecule has 0 aliphatic rings. The Labute approximate surface area is 293 Å². The van der Waals surface area contributed by atoms with Gasteiger partial charge in [-0.05, 0) is 88.8 Å². The molecule has 0 aromatic heterocycles. The van der Waals surface area contributed by atoms with Gasteiger partial charge in [0.05, 0.1) is 32.8 Å². The van der Waals surface area contributed by atoms with Crippen molar-refractivity contribution >= 4 is 69.8 Å². The maximum absolute atomic E-state index is 13.7. The fourth-order valence-electron chi connectivity index (χ4n) is 4.74. The molecule has 0 heterocycles. The van der Waals surface area contributed by atoms with E-state index in [9.17, 15) is 9.59 Å². The van der Waals surface area contributed by atoms with Crippen LogP contribution in [0.3, 0.4) is 0 Å². The summed E-state index contributed by atoms with van der Waals surface area (Å²) in [6, 6.07) is 14.3. The summed E-state index contributed by atoms with van der Waals surface area (Å²) in [5.41, 5.74) is 28.5. The summed E-state index contributed by atoms with van der Waals surface area (Å²) in [5.74, 6) is 0.871. The van der Waals surface area contributed by atoms with Gasteiger partial charge in [0, 0.05) is 35.3 Å². The number of hydrogen-bond acceptors (Lipinski definition) is 8. The van der Waals surface area contributed by atoms with Gasteiger partial charge in [-0.25, -0.2) is 0 Å². The molecule has 3 rings (SSSR count). The van der Waals surface area contributed by atoms with Crippen LogP contribution < -0.4 is 33.6 Å². The molecule has 0 fully saturated rings. The van der Waals surface area contributed by atoms with Crippen molar-refractivity contribution in [3.8, 4) is 0 Å². The molecule has 3 aromatic rings. The number of amides is 2. The summed E-state index contributed by atoms with van der Waals surface area (Å²) < 4.78 is 0. The summed E-state index contributed by atoms with van der Waals surface area (Å²) in [6.45, 7) is 12.5. The van der Waals surface area contributed by atoms with Crippen LogP contribution in [0.2, 0.25) is 0 Å². The number of amidine groups is 2. The maximum atomic E-state index is 13.7. The molecule has 0 saturated heterocycles. The van der Waals surface area contributed by atoms with Crippen LogP contribution in [0.25, 0.3) is 0 Å². The lowest BCUT2D eigenvalue weighted by Crippen LogP contribution is -2.18. The molecule has 0 aliphatic heterocycles. The van der Waals surface area contributed by atoms with Crippen LogP contribution in [0.4, 0.5) is 22.7 Å².